The molecule has 0 aromatic heterocycles. The number of carboxylic acid groups (broad SMARTS) is 1. The van der Waals surface area contributed by atoms with Crippen molar-refractivity contribution >= 4 is 19.5 Å². The molecular weight excluding hydrogens is 263 g/mol. The summed E-state index contributed by atoms with van der Waals surface area (Å²) in [4.78, 5) is 37.0. The molecule has 104 valence electrons. The number of hydrogen-bond donors (Lipinski definition) is 3. The lowest BCUT2D eigenvalue weighted by Crippen LogP contribution is -2.09. The molecule has 8 heteroatoms. The van der Waals surface area contributed by atoms with Gasteiger partial charge >= 0.3 is 19.5 Å². The van der Waals surface area contributed by atoms with Gasteiger partial charge in [-0.15, -0.1) is 0 Å². The standard InChI is InChI=1S/C6H11O5P.C4H6O2/c1-5(2)6(7)11-3-4-12(8,9)10;1-3(2)4(5)6/h1,3-4H2,2H3,(H2,8,9,10);1H2,2H3,(H,5,6). The summed E-state index contributed by atoms with van der Waals surface area (Å²) >= 11 is 0. The Balaban J connectivity index is 0. The van der Waals surface area contributed by atoms with Gasteiger partial charge in [-0.2, -0.15) is 0 Å². The monoisotopic (exact) mass is 280 g/mol. The predicted molar refractivity (Wildman–Crippen MR) is 65.1 cm³/mol. The SMILES string of the molecule is C=C(C)C(=O)O.C=C(C)C(=O)OCCP(=O)(O)O. The summed E-state index contributed by atoms with van der Waals surface area (Å²) in [6.45, 7) is 9.08. The molecule has 18 heavy (non-hydrogen) atoms. The Morgan fingerprint density at radius 3 is 1.78 bits per heavy atom. The van der Waals surface area contributed by atoms with Crippen LogP contribution in [-0.2, 0) is 18.9 Å². The average molecular weight is 280 g/mol. The van der Waals surface area contributed by atoms with Crippen molar-refractivity contribution < 1.29 is 33.8 Å². The third-order valence-electron chi connectivity index (χ3n) is 1.33. The summed E-state index contributed by atoms with van der Waals surface area (Å²) in [7, 11) is -4.06. The Labute approximate surface area is 105 Å². The first-order valence-electron chi connectivity index (χ1n) is 4.73. The number of ether oxygens (including phenoxy) is 1. The van der Waals surface area contributed by atoms with E-state index in [4.69, 9.17) is 14.9 Å². The van der Waals surface area contributed by atoms with E-state index in [0.29, 0.717) is 0 Å². The molecule has 0 aliphatic rings. The molecule has 0 aromatic carbocycles. The Hall–Kier alpha value is -1.43. The number of hydrogen-bond acceptors (Lipinski definition) is 4. The molecular formula is C10H17O7P. The first kappa shape index (κ1) is 18.9. The van der Waals surface area contributed by atoms with Gasteiger partial charge in [-0.05, 0) is 13.8 Å². The van der Waals surface area contributed by atoms with Gasteiger partial charge in [0.15, 0.2) is 0 Å². The zero-order chi connectivity index (χ0) is 14.9. The molecule has 0 fully saturated rings. The summed E-state index contributed by atoms with van der Waals surface area (Å²) in [5.41, 5.74) is 0.385. The summed E-state index contributed by atoms with van der Waals surface area (Å²) in [6.07, 6.45) is -0.452. The van der Waals surface area contributed by atoms with Crippen LogP contribution in [-0.4, -0.2) is 39.6 Å². The van der Waals surface area contributed by atoms with Crippen LogP contribution in [0.5, 0.6) is 0 Å². The number of carbonyl (C=O) groups excluding carboxylic acids is 1. The molecule has 3 N–H and O–H groups in total. The summed E-state index contributed by atoms with van der Waals surface area (Å²) in [5, 5.41) is 7.89. The van der Waals surface area contributed by atoms with Crippen LogP contribution in [0, 0.1) is 0 Å². The largest absolute Gasteiger partial charge is 0.478 e. The summed E-state index contributed by atoms with van der Waals surface area (Å²) in [5.74, 6) is -1.57. The highest BCUT2D eigenvalue weighted by Gasteiger charge is 2.13. The van der Waals surface area contributed by atoms with Crippen LogP contribution in [0.4, 0.5) is 0 Å². The maximum atomic E-state index is 10.7. The molecule has 0 atom stereocenters. The van der Waals surface area contributed by atoms with Crippen LogP contribution in [0.3, 0.4) is 0 Å². The molecule has 0 amide bonds. The number of aliphatic carboxylic acids is 1. The van der Waals surface area contributed by atoms with Gasteiger partial charge in [0.2, 0.25) is 0 Å². The molecule has 0 spiro atoms. The van der Waals surface area contributed by atoms with E-state index in [-0.39, 0.29) is 17.8 Å². The van der Waals surface area contributed by atoms with Crippen molar-refractivity contribution in [2.75, 3.05) is 12.8 Å². The quantitative estimate of drug-likeness (QED) is 0.389. The van der Waals surface area contributed by atoms with Crippen LogP contribution >= 0.6 is 7.60 Å². The molecule has 0 radical (unpaired) electrons. The first-order valence-corrected chi connectivity index (χ1v) is 6.53. The molecule has 0 aromatic rings. The van der Waals surface area contributed by atoms with E-state index < -0.39 is 25.7 Å². The van der Waals surface area contributed by atoms with Crippen LogP contribution in [0.1, 0.15) is 13.8 Å². The smallest absolute Gasteiger partial charge is 0.333 e. The highest BCUT2D eigenvalue weighted by molar-refractivity contribution is 7.51. The van der Waals surface area contributed by atoms with Gasteiger partial charge in [0.05, 0.1) is 6.16 Å². The highest BCUT2D eigenvalue weighted by atomic mass is 31.2. The van der Waals surface area contributed by atoms with E-state index >= 15 is 0 Å². The average Bonchev–Trinajstić information content (AvgIpc) is 2.16. The van der Waals surface area contributed by atoms with Crippen LogP contribution in [0.2, 0.25) is 0 Å². The molecule has 0 aliphatic heterocycles. The zero-order valence-electron chi connectivity index (χ0n) is 10.3. The highest BCUT2D eigenvalue weighted by Crippen LogP contribution is 2.33. The Morgan fingerprint density at radius 1 is 1.17 bits per heavy atom. The van der Waals surface area contributed by atoms with Crippen molar-refractivity contribution in [1.29, 1.82) is 0 Å². The van der Waals surface area contributed by atoms with Crippen LogP contribution in [0.15, 0.2) is 24.3 Å². The Bertz CT molecular complexity index is 368. The maximum absolute atomic E-state index is 10.7. The van der Waals surface area contributed by atoms with E-state index in [9.17, 15) is 14.2 Å². The van der Waals surface area contributed by atoms with Crippen LogP contribution in [0.25, 0.3) is 0 Å². The van der Waals surface area contributed by atoms with E-state index in [1.165, 1.54) is 13.8 Å². The minimum Gasteiger partial charge on any atom is -0.478 e. The fourth-order valence-corrected chi connectivity index (χ4v) is 0.710. The van der Waals surface area contributed by atoms with Gasteiger partial charge in [-0.25, -0.2) is 9.59 Å². The van der Waals surface area contributed by atoms with Crippen molar-refractivity contribution in [3.05, 3.63) is 24.3 Å². The van der Waals surface area contributed by atoms with Crippen molar-refractivity contribution in [1.82, 2.24) is 0 Å². The molecule has 0 heterocycles. The van der Waals surface area contributed by atoms with Gasteiger partial charge in [0.1, 0.15) is 6.61 Å². The van der Waals surface area contributed by atoms with Gasteiger partial charge in [-0.3, -0.25) is 4.57 Å². The van der Waals surface area contributed by atoms with Gasteiger partial charge in [0, 0.05) is 11.1 Å². The second-order valence-electron chi connectivity index (χ2n) is 3.39. The number of esters is 1. The molecule has 0 rings (SSSR count). The van der Waals surface area contributed by atoms with Gasteiger partial charge in [-0.1, -0.05) is 13.2 Å². The minimum atomic E-state index is -4.06. The fourth-order valence-electron chi connectivity index (χ4n) is 0.380. The molecule has 0 aliphatic carbocycles. The lowest BCUT2D eigenvalue weighted by atomic mass is 10.4. The summed E-state index contributed by atoms with van der Waals surface area (Å²) < 4.78 is 14.7. The number of rotatable bonds is 5. The Morgan fingerprint density at radius 2 is 1.56 bits per heavy atom. The lowest BCUT2D eigenvalue weighted by Gasteiger charge is -2.04. The van der Waals surface area contributed by atoms with Crippen molar-refractivity contribution in [3.63, 3.8) is 0 Å². The van der Waals surface area contributed by atoms with Crippen LogP contribution < -0.4 is 0 Å². The van der Waals surface area contributed by atoms with Crippen molar-refractivity contribution in [3.8, 4) is 0 Å². The second kappa shape index (κ2) is 8.63. The molecule has 0 unspecified atom stereocenters. The molecule has 7 nitrogen and oxygen atoms in total. The first-order chi connectivity index (χ1) is 7.97. The third kappa shape index (κ3) is 14.6. The van der Waals surface area contributed by atoms with Gasteiger partial charge < -0.3 is 19.6 Å². The van der Waals surface area contributed by atoms with E-state index in [2.05, 4.69) is 17.9 Å². The predicted octanol–water partition coefficient (Wildman–Crippen LogP) is 0.930. The third-order valence-corrected chi connectivity index (χ3v) is 2.09. The minimum absolute atomic E-state index is 0.176. The normalized spacial score (nSPS) is 9.78. The molecule has 0 bridgehead atoms. The molecule has 0 saturated heterocycles. The molecule has 0 saturated carbocycles. The topological polar surface area (TPSA) is 121 Å². The van der Waals surface area contributed by atoms with E-state index in [1.807, 2.05) is 0 Å². The van der Waals surface area contributed by atoms with Crippen molar-refractivity contribution in [2.45, 2.75) is 13.8 Å². The van der Waals surface area contributed by atoms with E-state index in [0.717, 1.165) is 0 Å². The number of carboxylic acids is 1. The van der Waals surface area contributed by atoms with Gasteiger partial charge in [0.25, 0.3) is 0 Å². The lowest BCUT2D eigenvalue weighted by molar-refractivity contribution is -0.138. The van der Waals surface area contributed by atoms with E-state index in [1.54, 1.807) is 0 Å². The Kier molecular flexibility index (Phi) is 9.07. The fraction of sp³-hybridized carbons (Fsp3) is 0.400. The maximum Gasteiger partial charge on any atom is 0.333 e. The summed E-state index contributed by atoms with van der Waals surface area (Å²) in [6, 6.07) is 0. The zero-order valence-corrected chi connectivity index (χ0v) is 11.1. The number of carbonyl (C=O) groups is 2. The second-order valence-corrected chi connectivity index (χ2v) is 5.17. The van der Waals surface area contributed by atoms with Crippen molar-refractivity contribution in [2.24, 2.45) is 0 Å².